The van der Waals surface area contributed by atoms with E-state index in [0.29, 0.717) is 30.1 Å². The molecule has 0 radical (unpaired) electrons. The normalized spacial score (nSPS) is 17.6. The van der Waals surface area contributed by atoms with Gasteiger partial charge in [0.1, 0.15) is 4.21 Å². The number of nitrogens with zero attached hydrogens (tertiary/aromatic N) is 1. The van der Waals surface area contributed by atoms with Gasteiger partial charge in [-0.25, -0.2) is 8.42 Å². The maximum Gasteiger partial charge on any atom is 0.252 e. The van der Waals surface area contributed by atoms with E-state index in [-0.39, 0.29) is 17.9 Å². The number of carbonyl (C=O) groups excluding carboxylic acids is 1. The molecule has 0 bridgehead atoms. The standard InChI is InChI=1S/C19H23BrN2O3S2/c1-14(13-15-4-6-17(20)7-5-15)21-19(23)16-8-10-22(11-9-16)27(24,25)18-3-2-12-26-18/h2-7,12,14,16H,8-11,13H2,1H3,(H,21,23). The van der Waals surface area contributed by atoms with Gasteiger partial charge in [-0.2, -0.15) is 4.31 Å². The zero-order chi connectivity index (χ0) is 19.4. The second-order valence-corrected chi connectivity index (χ2v) is 10.9. The average molecular weight is 471 g/mol. The summed E-state index contributed by atoms with van der Waals surface area (Å²) in [4.78, 5) is 12.6. The van der Waals surface area contributed by atoms with Gasteiger partial charge in [-0.1, -0.05) is 34.1 Å². The van der Waals surface area contributed by atoms with Crippen molar-refractivity contribution in [2.45, 2.75) is 36.4 Å². The molecule has 2 aromatic rings. The molecule has 1 aliphatic rings. The minimum absolute atomic E-state index is 0.0211. The second-order valence-electron chi connectivity index (χ2n) is 6.85. The van der Waals surface area contributed by atoms with Gasteiger partial charge in [0.25, 0.3) is 10.0 Å². The third-order valence-corrected chi connectivity index (χ3v) is 8.56. The van der Waals surface area contributed by atoms with E-state index in [0.717, 1.165) is 10.9 Å². The van der Waals surface area contributed by atoms with Crippen molar-refractivity contribution in [1.82, 2.24) is 9.62 Å². The van der Waals surface area contributed by atoms with Crippen LogP contribution in [0.25, 0.3) is 0 Å². The Balaban J connectivity index is 1.50. The summed E-state index contributed by atoms with van der Waals surface area (Å²) in [5, 5.41) is 4.84. The summed E-state index contributed by atoms with van der Waals surface area (Å²) in [7, 11) is -3.42. The first-order valence-corrected chi connectivity index (χ1v) is 12.1. The molecular formula is C19H23BrN2O3S2. The number of benzene rings is 1. The predicted octanol–water partition coefficient (Wildman–Crippen LogP) is 3.66. The minimum Gasteiger partial charge on any atom is -0.353 e. The number of piperidine rings is 1. The molecule has 1 aliphatic heterocycles. The third-order valence-electron chi connectivity index (χ3n) is 4.76. The molecule has 0 saturated carbocycles. The van der Waals surface area contributed by atoms with Crippen molar-refractivity contribution in [3.05, 3.63) is 51.8 Å². The fourth-order valence-electron chi connectivity index (χ4n) is 3.28. The van der Waals surface area contributed by atoms with E-state index in [9.17, 15) is 13.2 Å². The third kappa shape index (κ3) is 5.19. The van der Waals surface area contributed by atoms with Crippen LogP contribution in [-0.4, -0.2) is 37.8 Å². The Kier molecular flexibility index (Phi) is 6.73. The van der Waals surface area contributed by atoms with Crippen LogP contribution < -0.4 is 5.32 Å². The Bertz CT molecular complexity index is 859. The van der Waals surface area contributed by atoms with Crippen LogP contribution in [0.4, 0.5) is 0 Å². The summed E-state index contributed by atoms with van der Waals surface area (Å²) in [6, 6.07) is 11.5. The highest BCUT2D eigenvalue weighted by molar-refractivity contribution is 9.10. The lowest BCUT2D eigenvalue weighted by Crippen LogP contribution is -2.45. The number of rotatable bonds is 6. The summed E-state index contributed by atoms with van der Waals surface area (Å²) in [5.74, 6) is -0.111. The van der Waals surface area contributed by atoms with Gasteiger partial charge >= 0.3 is 0 Å². The lowest BCUT2D eigenvalue weighted by Gasteiger charge is -2.30. The van der Waals surface area contributed by atoms with Crippen LogP contribution in [0.2, 0.25) is 0 Å². The lowest BCUT2D eigenvalue weighted by molar-refractivity contribution is -0.126. The van der Waals surface area contributed by atoms with Crippen LogP contribution >= 0.6 is 27.3 Å². The number of amides is 1. The van der Waals surface area contributed by atoms with Gasteiger partial charge < -0.3 is 5.32 Å². The molecule has 1 aromatic heterocycles. The Morgan fingerprint density at radius 2 is 1.93 bits per heavy atom. The number of halogens is 1. The summed E-state index contributed by atoms with van der Waals surface area (Å²) < 4.78 is 28.0. The van der Waals surface area contributed by atoms with Gasteiger partial charge in [0.2, 0.25) is 5.91 Å². The fourth-order valence-corrected chi connectivity index (χ4v) is 6.16. The first-order chi connectivity index (χ1) is 12.9. The molecule has 1 N–H and O–H groups in total. The number of nitrogens with one attached hydrogen (secondary N) is 1. The summed E-state index contributed by atoms with van der Waals surface area (Å²) in [6.45, 7) is 2.77. The number of thiophene rings is 1. The molecule has 3 rings (SSSR count). The molecule has 5 nitrogen and oxygen atoms in total. The Morgan fingerprint density at radius 3 is 2.52 bits per heavy atom. The highest BCUT2D eigenvalue weighted by Gasteiger charge is 2.32. The monoisotopic (exact) mass is 470 g/mol. The highest BCUT2D eigenvalue weighted by Crippen LogP contribution is 2.26. The quantitative estimate of drug-likeness (QED) is 0.700. The van der Waals surface area contributed by atoms with Crippen molar-refractivity contribution in [2.75, 3.05) is 13.1 Å². The number of carbonyl (C=O) groups is 1. The molecule has 1 amide bonds. The maximum atomic E-state index is 12.6. The van der Waals surface area contributed by atoms with Gasteiger partial charge in [-0.05, 0) is 55.3 Å². The maximum absolute atomic E-state index is 12.6. The topological polar surface area (TPSA) is 66.5 Å². The minimum atomic E-state index is -3.42. The van der Waals surface area contributed by atoms with Crippen molar-refractivity contribution >= 4 is 43.2 Å². The van der Waals surface area contributed by atoms with Gasteiger partial charge in [-0.3, -0.25) is 4.79 Å². The van der Waals surface area contributed by atoms with Crippen LogP contribution in [-0.2, 0) is 21.2 Å². The summed E-state index contributed by atoms with van der Waals surface area (Å²) in [6.07, 6.45) is 1.88. The van der Waals surface area contributed by atoms with Crippen molar-refractivity contribution in [3.63, 3.8) is 0 Å². The zero-order valence-electron chi connectivity index (χ0n) is 15.1. The van der Waals surface area contributed by atoms with E-state index in [4.69, 9.17) is 0 Å². The Morgan fingerprint density at radius 1 is 1.26 bits per heavy atom. The smallest absolute Gasteiger partial charge is 0.252 e. The van der Waals surface area contributed by atoms with Crippen molar-refractivity contribution in [1.29, 1.82) is 0 Å². The van der Waals surface area contributed by atoms with E-state index in [1.165, 1.54) is 21.2 Å². The molecule has 1 saturated heterocycles. The van der Waals surface area contributed by atoms with Gasteiger partial charge in [0.05, 0.1) is 0 Å². The number of sulfonamides is 1. The van der Waals surface area contributed by atoms with Gasteiger partial charge in [-0.15, -0.1) is 11.3 Å². The van der Waals surface area contributed by atoms with Crippen LogP contribution in [0, 0.1) is 5.92 Å². The first-order valence-electron chi connectivity index (χ1n) is 8.95. The predicted molar refractivity (Wildman–Crippen MR) is 111 cm³/mol. The molecule has 8 heteroatoms. The molecule has 1 fully saturated rings. The molecule has 1 aromatic carbocycles. The molecule has 0 aliphatic carbocycles. The van der Waals surface area contributed by atoms with Gasteiger partial charge in [0.15, 0.2) is 0 Å². The van der Waals surface area contributed by atoms with E-state index in [1.807, 2.05) is 31.2 Å². The molecular weight excluding hydrogens is 448 g/mol. The van der Waals surface area contributed by atoms with Crippen LogP contribution in [0.15, 0.2) is 50.5 Å². The lowest BCUT2D eigenvalue weighted by atomic mass is 9.96. The fraction of sp³-hybridized carbons (Fsp3) is 0.421. The molecule has 2 heterocycles. The van der Waals surface area contributed by atoms with Crippen LogP contribution in [0.5, 0.6) is 0 Å². The van der Waals surface area contributed by atoms with Crippen LogP contribution in [0.1, 0.15) is 25.3 Å². The molecule has 1 unspecified atom stereocenters. The summed E-state index contributed by atoms with van der Waals surface area (Å²) >= 11 is 4.65. The van der Waals surface area contributed by atoms with Gasteiger partial charge in [0, 0.05) is 29.5 Å². The first kappa shape index (κ1) is 20.5. The van der Waals surface area contributed by atoms with E-state index >= 15 is 0 Å². The second kappa shape index (κ2) is 8.86. The average Bonchev–Trinajstić information content (AvgIpc) is 3.19. The van der Waals surface area contributed by atoms with Crippen molar-refractivity contribution in [2.24, 2.45) is 5.92 Å². The number of hydrogen-bond donors (Lipinski definition) is 1. The highest BCUT2D eigenvalue weighted by atomic mass is 79.9. The molecule has 1 atom stereocenters. The largest absolute Gasteiger partial charge is 0.353 e. The molecule has 27 heavy (non-hydrogen) atoms. The Labute approximate surface area is 173 Å². The van der Waals surface area contributed by atoms with Crippen LogP contribution in [0.3, 0.4) is 0 Å². The molecule has 146 valence electrons. The SMILES string of the molecule is CC(Cc1ccc(Br)cc1)NC(=O)C1CCN(S(=O)(=O)c2cccs2)CC1. The Hall–Kier alpha value is -1.22. The summed E-state index contributed by atoms with van der Waals surface area (Å²) in [5.41, 5.74) is 1.17. The van der Waals surface area contributed by atoms with E-state index in [2.05, 4.69) is 21.2 Å². The van der Waals surface area contributed by atoms with Crippen molar-refractivity contribution < 1.29 is 13.2 Å². The zero-order valence-corrected chi connectivity index (χ0v) is 18.3. The number of hydrogen-bond acceptors (Lipinski definition) is 4. The molecule has 0 spiro atoms. The van der Waals surface area contributed by atoms with E-state index in [1.54, 1.807) is 17.5 Å². The van der Waals surface area contributed by atoms with Crippen molar-refractivity contribution in [3.8, 4) is 0 Å². The van der Waals surface area contributed by atoms with E-state index < -0.39 is 10.0 Å².